The van der Waals surface area contributed by atoms with E-state index in [0.29, 0.717) is 6.42 Å². The van der Waals surface area contributed by atoms with Crippen LogP contribution in [0.4, 0.5) is 0 Å². The van der Waals surface area contributed by atoms with Gasteiger partial charge >= 0.3 is 5.97 Å². The molecule has 0 fully saturated rings. The molecule has 0 saturated heterocycles. The summed E-state index contributed by atoms with van der Waals surface area (Å²) in [4.78, 5) is 30.6. The van der Waals surface area contributed by atoms with E-state index in [9.17, 15) is 14.7 Å². The van der Waals surface area contributed by atoms with Crippen molar-refractivity contribution in [2.45, 2.75) is 24.9 Å². The van der Waals surface area contributed by atoms with E-state index in [1.54, 1.807) is 6.20 Å². The number of amides is 1. The first-order chi connectivity index (χ1) is 14.0. The maximum Gasteiger partial charge on any atom is 0.326 e. The molecule has 4 aromatic rings. The summed E-state index contributed by atoms with van der Waals surface area (Å²) in [5.74, 6) is -1.58. The normalized spacial score (nSPS) is 13.4. The van der Waals surface area contributed by atoms with Crippen molar-refractivity contribution in [3.05, 3.63) is 72.1 Å². The molecular weight excluding hydrogens is 368 g/mol. The molecule has 29 heavy (non-hydrogen) atoms. The van der Waals surface area contributed by atoms with E-state index in [2.05, 4.69) is 15.3 Å². The molecule has 2 atom stereocenters. The molecule has 2 heterocycles. The summed E-state index contributed by atoms with van der Waals surface area (Å²) in [5.41, 5.74) is 9.74. The Morgan fingerprint density at radius 2 is 1.41 bits per heavy atom. The highest BCUT2D eigenvalue weighted by molar-refractivity contribution is 5.89. The van der Waals surface area contributed by atoms with Crippen LogP contribution < -0.4 is 11.1 Å². The molecule has 7 heteroatoms. The van der Waals surface area contributed by atoms with Gasteiger partial charge in [0.15, 0.2) is 0 Å². The lowest BCUT2D eigenvalue weighted by molar-refractivity contribution is -0.141. The van der Waals surface area contributed by atoms with Gasteiger partial charge in [-0.15, -0.1) is 0 Å². The van der Waals surface area contributed by atoms with Crippen molar-refractivity contribution in [1.29, 1.82) is 0 Å². The second kappa shape index (κ2) is 7.81. The van der Waals surface area contributed by atoms with E-state index < -0.39 is 24.0 Å². The number of hydrogen-bond donors (Lipinski definition) is 5. The van der Waals surface area contributed by atoms with Gasteiger partial charge in [-0.05, 0) is 29.7 Å². The van der Waals surface area contributed by atoms with Crippen molar-refractivity contribution < 1.29 is 14.7 Å². The Balaban J connectivity index is 1.46. The van der Waals surface area contributed by atoms with Gasteiger partial charge in [-0.3, -0.25) is 4.79 Å². The monoisotopic (exact) mass is 390 g/mol. The summed E-state index contributed by atoms with van der Waals surface area (Å²) in [6.07, 6.45) is 4.09. The zero-order valence-electron chi connectivity index (χ0n) is 15.7. The molecule has 7 nitrogen and oxygen atoms in total. The summed E-state index contributed by atoms with van der Waals surface area (Å²) in [6.45, 7) is 0. The number of para-hydroxylation sites is 2. The SMILES string of the molecule is NC(Cc1c[nH]c2ccccc12)C(=O)N[C@H](Cc1c[nH]c2ccccc12)C(=O)O. The van der Waals surface area contributed by atoms with E-state index in [1.165, 1.54) is 0 Å². The van der Waals surface area contributed by atoms with E-state index in [1.807, 2.05) is 54.7 Å². The molecule has 0 radical (unpaired) electrons. The topological polar surface area (TPSA) is 124 Å². The van der Waals surface area contributed by atoms with Crippen LogP contribution in [0.5, 0.6) is 0 Å². The van der Waals surface area contributed by atoms with Gasteiger partial charge in [0.25, 0.3) is 0 Å². The molecule has 148 valence electrons. The molecule has 1 unspecified atom stereocenters. The fourth-order valence-corrected chi connectivity index (χ4v) is 3.63. The number of hydrogen-bond acceptors (Lipinski definition) is 3. The van der Waals surface area contributed by atoms with Crippen molar-refractivity contribution in [1.82, 2.24) is 15.3 Å². The van der Waals surface area contributed by atoms with Crippen LogP contribution >= 0.6 is 0 Å². The Kier molecular flexibility index (Phi) is 5.05. The van der Waals surface area contributed by atoms with Crippen LogP contribution in [-0.4, -0.2) is 39.0 Å². The first-order valence-electron chi connectivity index (χ1n) is 9.41. The Morgan fingerprint density at radius 1 is 0.897 bits per heavy atom. The van der Waals surface area contributed by atoms with Crippen molar-refractivity contribution >= 4 is 33.7 Å². The van der Waals surface area contributed by atoms with Crippen molar-refractivity contribution in [3.8, 4) is 0 Å². The highest BCUT2D eigenvalue weighted by Gasteiger charge is 2.25. The standard InChI is InChI=1S/C22H22N4O3/c23-17(9-13-11-24-18-7-3-1-5-15(13)18)21(27)26-20(22(28)29)10-14-12-25-19-8-4-2-6-16(14)19/h1-8,11-12,17,20,24-25H,9-10,23H2,(H,26,27)(H,28,29)/t17?,20-/m1/s1. The number of carbonyl (C=O) groups is 2. The smallest absolute Gasteiger partial charge is 0.326 e. The number of carboxylic acid groups (broad SMARTS) is 1. The molecule has 2 aromatic carbocycles. The number of nitrogens with two attached hydrogens (primary N) is 1. The predicted octanol–water partition coefficient (Wildman–Crippen LogP) is 2.33. The van der Waals surface area contributed by atoms with Gasteiger partial charge in [0.2, 0.25) is 5.91 Å². The Morgan fingerprint density at radius 3 is 1.97 bits per heavy atom. The summed E-state index contributed by atoms with van der Waals surface area (Å²) < 4.78 is 0. The summed E-state index contributed by atoms with van der Waals surface area (Å²) in [7, 11) is 0. The van der Waals surface area contributed by atoms with Crippen molar-refractivity contribution in [2.75, 3.05) is 0 Å². The lowest BCUT2D eigenvalue weighted by atomic mass is 10.0. The maximum absolute atomic E-state index is 12.6. The second-order valence-corrected chi connectivity index (χ2v) is 7.13. The van der Waals surface area contributed by atoms with E-state index in [-0.39, 0.29) is 6.42 Å². The van der Waals surface area contributed by atoms with Crippen LogP contribution in [0.15, 0.2) is 60.9 Å². The highest BCUT2D eigenvalue weighted by Crippen LogP contribution is 2.20. The number of benzene rings is 2. The van der Waals surface area contributed by atoms with Gasteiger partial charge < -0.3 is 26.1 Å². The van der Waals surface area contributed by atoms with Crippen LogP contribution in [0.2, 0.25) is 0 Å². The number of nitrogens with one attached hydrogen (secondary N) is 3. The lowest BCUT2D eigenvalue weighted by Crippen LogP contribution is -2.50. The van der Waals surface area contributed by atoms with Gasteiger partial charge in [-0.1, -0.05) is 36.4 Å². The number of H-pyrrole nitrogens is 2. The molecule has 0 aliphatic rings. The number of fused-ring (bicyclic) bond motifs is 2. The number of aliphatic carboxylic acids is 1. The minimum atomic E-state index is -1.09. The van der Waals surface area contributed by atoms with Crippen LogP contribution in [-0.2, 0) is 22.4 Å². The molecular formula is C22H22N4O3. The Hall–Kier alpha value is -3.58. The van der Waals surface area contributed by atoms with Crippen LogP contribution in [0, 0.1) is 0 Å². The third kappa shape index (κ3) is 3.86. The van der Waals surface area contributed by atoms with Gasteiger partial charge in [-0.25, -0.2) is 4.79 Å². The van der Waals surface area contributed by atoms with Crippen molar-refractivity contribution in [3.63, 3.8) is 0 Å². The van der Waals surface area contributed by atoms with E-state index in [4.69, 9.17) is 5.73 Å². The molecule has 0 saturated carbocycles. The van der Waals surface area contributed by atoms with Crippen molar-refractivity contribution in [2.24, 2.45) is 5.73 Å². The quantitative estimate of drug-likeness (QED) is 0.332. The van der Waals surface area contributed by atoms with E-state index >= 15 is 0 Å². The predicted molar refractivity (Wildman–Crippen MR) is 112 cm³/mol. The fourth-order valence-electron chi connectivity index (χ4n) is 3.63. The van der Waals surface area contributed by atoms with E-state index in [0.717, 1.165) is 32.9 Å². The zero-order valence-corrected chi connectivity index (χ0v) is 15.7. The number of aromatic nitrogens is 2. The molecule has 0 bridgehead atoms. The fraction of sp³-hybridized carbons (Fsp3) is 0.182. The average molecular weight is 390 g/mol. The maximum atomic E-state index is 12.6. The molecule has 2 aromatic heterocycles. The number of rotatable bonds is 7. The molecule has 0 aliphatic heterocycles. The van der Waals surface area contributed by atoms with Gasteiger partial charge in [0.05, 0.1) is 6.04 Å². The third-order valence-electron chi connectivity index (χ3n) is 5.17. The molecule has 6 N–H and O–H groups in total. The first kappa shape index (κ1) is 18.8. The molecule has 0 aliphatic carbocycles. The van der Waals surface area contributed by atoms with Gasteiger partial charge in [0, 0.05) is 40.6 Å². The highest BCUT2D eigenvalue weighted by atomic mass is 16.4. The van der Waals surface area contributed by atoms with Gasteiger partial charge in [0.1, 0.15) is 6.04 Å². The minimum Gasteiger partial charge on any atom is -0.480 e. The number of carbonyl (C=O) groups excluding carboxylic acids is 1. The van der Waals surface area contributed by atoms with Crippen LogP contribution in [0.1, 0.15) is 11.1 Å². The minimum absolute atomic E-state index is 0.172. The van der Waals surface area contributed by atoms with Crippen LogP contribution in [0.25, 0.3) is 21.8 Å². The third-order valence-corrected chi connectivity index (χ3v) is 5.17. The Bertz CT molecular complexity index is 1180. The average Bonchev–Trinajstić information content (AvgIpc) is 3.32. The summed E-state index contributed by atoms with van der Waals surface area (Å²) in [6, 6.07) is 13.5. The summed E-state index contributed by atoms with van der Waals surface area (Å²) in [5, 5.41) is 14.1. The molecule has 1 amide bonds. The number of aromatic amines is 2. The molecule has 4 rings (SSSR count). The largest absolute Gasteiger partial charge is 0.480 e. The first-order valence-corrected chi connectivity index (χ1v) is 9.41. The lowest BCUT2D eigenvalue weighted by Gasteiger charge is -2.17. The zero-order chi connectivity index (χ0) is 20.4. The Labute approximate surface area is 166 Å². The number of carboxylic acids is 1. The second-order valence-electron chi connectivity index (χ2n) is 7.13. The summed E-state index contributed by atoms with van der Waals surface area (Å²) >= 11 is 0. The molecule has 0 spiro atoms. The van der Waals surface area contributed by atoms with Crippen LogP contribution in [0.3, 0.4) is 0 Å². The van der Waals surface area contributed by atoms with Gasteiger partial charge in [-0.2, -0.15) is 0 Å².